The lowest BCUT2D eigenvalue weighted by Gasteiger charge is -2.13. The molecule has 0 saturated heterocycles. The topological polar surface area (TPSA) is 0 Å². The zero-order valence-electron chi connectivity index (χ0n) is 7.84. The van der Waals surface area contributed by atoms with Crippen LogP contribution >= 0.6 is 0 Å². The number of hydrogen-bond donors (Lipinski definition) is 0. The third-order valence-electron chi connectivity index (χ3n) is 1.85. The molecular formula is C11H20. The lowest BCUT2D eigenvalue weighted by molar-refractivity contribution is 0.455. The Morgan fingerprint density at radius 2 is 1.91 bits per heavy atom. The molecule has 0 aliphatic heterocycles. The Morgan fingerprint density at radius 3 is 2.27 bits per heavy atom. The number of rotatable bonds is 6. The zero-order chi connectivity index (χ0) is 8.69. The normalized spacial score (nSPS) is 13.0. The molecule has 0 amide bonds. The molecule has 0 N–H and O–H groups in total. The van der Waals surface area contributed by atoms with Gasteiger partial charge in [-0.2, -0.15) is 0 Å². The molecule has 0 rings (SSSR count). The largest absolute Gasteiger partial charge is 0.103 e. The fraction of sp³-hybridized carbons (Fsp3) is 0.636. The third kappa shape index (κ3) is 5.90. The molecule has 0 nitrogen and oxygen atoms in total. The molecule has 0 aromatic carbocycles. The monoisotopic (exact) mass is 152 g/mol. The van der Waals surface area contributed by atoms with E-state index in [2.05, 4.69) is 33.1 Å². The summed E-state index contributed by atoms with van der Waals surface area (Å²) in [7, 11) is 0. The second-order valence-electron chi connectivity index (χ2n) is 3.49. The van der Waals surface area contributed by atoms with Gasteiger partial charge in [0, 0.05) is 0 Å². The van der Waals surface area contributed by atoms with Gasteiger partial charge >= 0.3 is 0 Å². The molecule has 0 aromatic rings. The van der Waals surface area contributed by atoms with Crippen molar-refractivity contribution < 1.29 is 0 Å². The molecule has 64 valence electrons. The van der Waals surface area contributed by atoms with Crippen molar-refractivity contribution in [1.82, 2.24) is 0 Å². The third-order valence-corrected chi connectivity index (χ3v) is 1.85. The molecular weight excluding hydrogens is 132 g/mol. The van der Waals surface area contributed by atoms with E-state index in [0.717, 1.165) is 12.3 Å². The van der Waals surface area contributed by atoms with Crippen molar-refractivity contribution in [2.75, 3.05) is 0 Å². The smallest absolute Gasteiger partial charge is 0.0231 e. The van der Waals surface area contributed by atoms with Crippen molar-refractivity contribution in [3.05, 3.63) is 25.3 Å². The van der Waals surface area contributed by atoms with Crippen LogP contribution in [0.25, 0.3) is 0 Å². The van der Waals surface area contributed by atoms with E-state index in [9.17, 15) is 0 Å². The van der Waals surface area contributed by atoms with E-state index in [1.807, 2.05) is 6.08 Å². The minimum Gasteiger partial charge on any atom is -0.103 e. The summed E-state index contributed by atoms with van der Waals surface area (Å²) in [5.74, 6) is 1.47. The molecule has 0 spiro atoms. The first-order valence-electron chi connectivity index (χ1n) is 4.44. The Hall–Kier alpha value is -0.520. The van der Waals surface area contributed by atoms with E-state index in [4.69, 9.17) is 0 Å². The quantitative estimate of drug-likeness (QED) is 0.508. The Labute approximate surface area is 71.0 Å². The first-order valence-corrected chi connectivity index (χ1v) is 4.44. The molecule has 0 bridgehead atoms. The lowest BCUT2D eigenvalue weighted by atomic mass is 9.93. The fourth-order valence-corrected chi connectivity index (χ4v) is 1.27. The number of hydrogen-bond acceptors (Lipinski definition) is 0. The summed E-state index contributed by atoms with van der Waals surface area (Å²) in [6, 6.07) is 0. The molecule has 1 unspecified atom stereocenters. The van der Waals surface area contributed by atoms with Crippen LogP contribution in [0.1, 0.15) is 33.1 Å². The molecule has 0 radical (unpaired) electrons. The first-order chi connectivity index (χ1) is 5.20. The molecule has 0 heteroatoms. The van der Waals surface area contributed by atoms with Crippen LogP contribution in [0.3, 0.4) is 0 Å². The van der Waals surface area contributed by atoms with Gasteiger partial charge in [-0.1, -0.05) is 26.0 Å². The van der Waals surface area contributed by atoms with Crippen molar-refractivity contribution in [1.29, 1.82) is 0 Å². The van der Waals surface area contributed by atoms with Crippen LogP contribution in [-0.2, 0) is 0 Å². The van der Waals surface area contributed by atoms with Gasteiger partial charge in [-0.15, -0.1) is 13.2 Å². The van der Waals surface area contributed by atoms with Crippen molar-refractivity contribution in [3.8, 4) is 0 Å². The SMILES string of the molecule is C=CCCC(C=C)CC(C)C. The minimum absolute atomic E-state index is 0.688. The molecule has 0 aromatic heterocycles. The summed E-state index contributed by atoms with van der Waals surface area (Å²) in [5, 5.41) is 0. The first kappa shape index (κ1) is 10.5. The average molecular weight is 152 g/mol. The van der Waals surface area contributed by atoms with Crippen molar-refractivity contribution in [2.45, 2.75) is 33.1 Å². The van der Waals surface area contributed by atoms with Crippen LogP contribution in [0.5, 0.6) is 0 Å². The van der Waals surface area contributed by atoms with Gasteiger partial charge in [0.05, 0.1) is 0 Å². The Balaban J connectivity index is 3.57. The molecule has 0 aliphatic rings. The van der Waals surface area contributed by atoms with E-state index >= 15 is 0 Å². The minimum atomic E-state index is 0.688. The molecule has 0 saturated carbocycles. The summed E-state index contributed by atoms with van der Waals surface area (Å²) in [6.45, 7) is 12.1. The van der Waals surface area contributed by atoms with Gasteiger partial charge in [-0.3, -0.25) is 0 Å². The summed E-state index contributed by atoms with van der Waals surface area (Å²) in [4.78, 5) is 0. The van der Waals surface area contributed by atoms with Gasteiger partial charge in [0.2, 0.25) is 0 Å². The van der Waals surface area contributed by atoms with Crippen LogP contribution in [0.15, 0.2) is 25.3 Å². The van der Waals surface area contributed by atoms with Crippen LogP contribution in [0.4, 0.5) is 0 Å². The van der Waals surface area contributed by atoms with Gasteiger partial charge in [0.25, 0.3) is 0 Å². The van der Waals surface area contributed by atoms with Crippen molar-refractivity contribution in [3.63, 3.8) is 0 Å². The summed E-state index contributed by atoms with van der Waals surface area (Å²) in [5.41, 5.74) is 0. The van der Waals surface area contributed by atoms with Crippen LogP contribution in [-0.4, -0.2) is 0 Å². The average Bonchev–Trinajstić information content (AvgIpc) is 1.97. The maximum atomic E-state index is 3.83. The van der Waals surface area contributed by atoms with Gasteiger partial charge < -0.3 is 0 Å². The highest BCUT2D eigenvalue weighted by Gasteiger charge is 2.04. The standard InChI is InChI=1S/C11H20/c1-5-7-8-11(6-2)9-10(3)4/h5-6,10-11H,1-2,7-9H2,3-4H3. The Bertz CT molecular complexity index is 111. The van der Waals surface area contributed by atoms with Gasteiger partial charge in [-0.25, -0.2) is 0 Å². The molecule has 0 aliphatic carbocycles. The molecule has 0 heterocycles. The van der Waals surface area contributed by atoms with E-state index in [1.165, 1.54) is 12.8 Å². The predicted octanol–water partition coefficient (Wildman–Crippen LogP) is 3.80. The lowest BCUT2D eigenvalue weighted by Crippen LogP contribution is -2.00. The molecule has 11 heavy (non-hydrogen) atoms. The summed E-state index contributed by atoms with van der Waals surface area (Å²) >= 11 is 0. The fourth-order valence-electron chi connectivity index (χ4n) is 1.27. The maximum absolute atomic E-state index is 3.83. The Kier molecular flexibility index (Phi) is 5.91. The van der Waals surface area contributed by atoms with E-state index in [1.54, 1.807) is 0 Å². The second-order valence-corrected chi connectivity index (χ2v) is 3.49. The van der Waals surface area contributed by atoms with Crippen LogP contribution < -0.4 is 0 Å². The zero-order valence-corrected chi connectivity index (χ0v) is 7.84. The maximum Gasteiger partial charge on any atom is -0.0231 e. The van der Waals surface area contributed by atoms with Crippen molar-refractivity contribution >= 4 is 0 Å². The van der Waals surface area contributed by atoms with Crippen molar-refractivity contribution in [2.24, 2.45) is 11.8 Å². The van der Waals surface area contributed by atoms with Crippen LogP contribution in [0.2, 0.25) is 0 Å². The van der Waals surface area contributed by atoms with Crippen LogP contribution in [0, 0.1) is 11.8 Å². The van der Waals surface area contributed by atoms with Gasteiger partial charge in [0.1, 0.15) is 0 Å². The summed E-state index contributed by atoms with van der Waals surface area (Å²) < 4.78 is 0. The molecule has 1 atom stereocenters. The highest BCUT2D eigenvalue weighted by Crippen LogP contribution is 2.17. The van der Waals surface area contributed by atoms with Gasteiger partial charge in [-0.05, 0) is 31.1 Å². The second kappa shape index (κ2) is 6.21. The summed E-state index contributed by atoms with van der Waals surface area (Å²) in [6.07, 6.45) is 7.65. The highest BCUT2D eigenvalue weighted by atomic mass is 14.1. The van der Waals surface area contributed by atoms with Gasteiger partial charge in [0.15, 0.2) is 0 Å². The number of allylic oxidation sites excluding steroid dienone is 2. The highest BCUT2D eigenvalue weighted by molar-refractivity contribution is 4.82. The van der Waals surface area contributed by atoms with E-state index < -0.39 is 0 Å². The van der Waals surface area contributed by atoms with E-state index in [0.29, 0.717) is 5.92 Å². The Morgan fingerprint density at radius 1 is 1.27 bits per heavy atom. The predicted molar refractivity (Wildman–Crippen MR) is 52.6 cm³/mol. The van der Waals surface area contributed by atoms with E-state index in [-0.39, 0.29) is 0 Å². The molecule has 0 fully saturated rings.